The van der Waals surface area contributed by atoms with Crippen LogP contribution in [0.2, 0.25) is 0 Å². The van der Waals surface area contributed by atoms with Crippen LogP contribution in [-0.2, 0) is 6.54 Å². The summed E-state index contributed by atoms with van der Waals surface area (Å²) in [5, 5.41) is 3.81. The Balaban J connectivity index is 2.02. The molecule has 0 spiro atoms. The first-order valence-corrected chi connectivity index (χ1v) is 7.06. The molecule has 2 aromatic rings. The van der Waals surface area contributed by atoms with E-state index in [4.69, 9.17) is 0 Å². The second-order valence-electron chi connectivity index (χ2n) is 4.16. The van der Waals surface area contributed by atoms with E-state index in [-0.39, 0.29) is 24.1 Å². The maximum atomic E-state index is 12.6. The van der Waals surface area contributed by atoms with Gasteiger partial charge in [-0.25, -0.2) is 0 Å². The van der Waals surface area contributed by atoms with E-state index in [0.29, 0.717) is 16.2 Å². The summed E-state index contributed by atoms with van der Waals surface area (Å²) in [6, 6.07) is 7.95. The molecule has 1 amide bonds. The molecule has 0 unspecified atom stereocenters. The van der Waals surface area contributed by atoms with Crippen molar-refractivity contribution in [3.63, 3.8) is 0 Å². The zero-order valence-electron chi connectivity index (χ0n) is 9.92. The Hall–Kier alpha value is -1.67. The molecule has 0 aliphatic carbocycles. The lowest BCUT2D eigenvalue weighted by Crippen LogP contribution is -2.27. The fraction of sp³-hybridized carbons (Fsp3) is 0.0833. The number of fused-ring (bicyclic) bond motifs is 1. The number of hydrogen-bond acceptors (Lipinski definition) is 4. The lowest BCUT2D eigenvalue weighted by molar-refractivity contribution is 0.0995. The number of rotatable bonds is 2. The molecule has 1 aliphatic heterocycles. The van der Waals surface area contributed by atoms with Gasteiger partial charge in [-0.15, -0.1) is 13.1 Å². The highest BCUT2D eigenvalue weighted by Crippen LogP contribution is 2.28. The van der Waals surface area contributed by atoms with E-state index in [9.17, 15) is 13.5 Å². The fourth-order valence-electron chi connectivity index (χ4n) is 2.05. The quantitative estimate of drug-likeness (QED) is 0.830. The van der Waals surface area contributed by atoms with Crippen LogP contribution < -0.4 is 10.5 Å². The predicted octanol–water partition coefficient (Wildman–Crippen LogP) is 2.55. The summed E-state index contributed by atoms with van der Waals surface area (Å²) < 4.78 is 14.1. The molecule has 20 heavy (non-hydrogen) atoms. The van der Waals surface area contributed by atoms with E-state index in [2.05, 4.69) is 21.0 Å². The Morgan fingerprint density at radius 2 is 2.05 bits per heavy atom. The van der Waals surface area contributed by atoms with Crippen molar-refractivity contribution in [3.05, 3.63) is 56.3 Å². The Morgan fingerprint density at radius 1 is 1.25 bits per heavy atom. The molecule has 1 aromatic heterocycles. The average Bonchev–Trinajstić information content (AvgIpc) is 2.76. The number of amides is 1. The van der Waals surface area contributed by atoms with Gasteiger partial charge < -0.3 is 0 Å². The molecule has 2 heterocycles. The summed E-state index contributed by atoms with van der Waals surface area (Å²) in [5.41, 5.74) is 0.866. The number of aromatic nitrogens is 2. The molecule has 102 valence electrons. The molecule has 0 atom stereocenters. The molecule has 0 fully saturated rings. The number of nitrogens with zero attached hydrogens (tertiary/aromatic N) is 3. The second-order valence-corrected chi connectivity index (χ2v) is 5.56. The van der Waals surface area contributed by atoms with E-state index in [1.807, 2.05) is 6.07 Å². The maximum Gasteiger partial charge on any atom is 0.279 e. The van der Waals surface area contributed by atoms with Crippen LogP contribution in [-0.4, -0.2) is 15.1 Å². The van der Waals surface area contributed by atoms with Crippen LogP contribution in [0.3, 0.4) is 0 Å². The molecule has 0 radical (unpaired) electrons. The first-order chi connectivity index (χ1) is 9.60. The van der Waals surface area contributed by atoms with E-state index >= 15 is 0 Å². The highest BCUT2D eigenvalue weighted by atomic mass is 79.9. The van der Waals surface area contributed by atoms with Crippen LogP contribution in [0.1, 0.15) is 15.9 Å². The van der Waals surface area contributed by atoms with Crippen molar-refractivity contribution in [2.24, 2.45) is 0 Å². The molecule has 0 saturated carbocycles. The molecule has 0 N–H and O–H groups in total. The second kappa shape index (κ2) is 5.02. The third kappa shape index (κ3) is 2.14. The van der Waals surface area contributed by atoms with Gasteiger partial charge in [0, 0.05) is 16.1 Å². The number of hydrogen-bond donors (Lipinski definition) is 0. The van der Waals surface area contributed by atoms with Crippen molar-refractivity contribution in [1.29, 1.82) is 0 Å². The Labute approximate surface area is 126 Å². The topological polar surface area (TPSA) is 55.2 Å². The van der Waals surface area contributed by atoms with E-state index < -0.39 is 5.56 Å². The maximum absolute atomic E-state index is 12.6. The van der Waals surface area contributed by atoms with Crippen molar-refractivity contribution in [2.45, 2.75) is 6.54 Å². The summed E-state index contributed by atoms with van der Waals surface area (Å²) in [6.45, 7) is 0.343. The summed E-state index contributed by atoms with van der Waals surface area (Å²) in [4.78, 5) is 25.0. The highest BCUT2D eigenvalue weighted by Gasteiger charge is 2.29. The van der Waals surface area contributed by atoms with Gasteiger partial charge in [0.1, 0.15) is 0 Å². The van der Waals surface area contributed by atoms with Crippen LogP contribution in [0.15, 0.2) is 39.6 Å². The van der Waals surface area contributed by atoms with Gasteiger partial charge >= 0.3 is 0 Å². The molecule has 0 bridgehead atoms. The third-order valence-corrected chi connectivity index (χ3v) is 3.86. The minimum absolute atomic E-state index is 0.214. The monoisotopic (exact) mass is 355 g/mol. The average molecular weight is 356 g/mol. The summed E-state index contributed by atoms with van der Waals surface area (Å²) in [7, 11) is 0. The number of anilines is 1. The van der Waals surface area contributed by atoms with Crippen LogP contribution >= 0.6 is 28.3 Å². The number of halogens is 2. The summed E-state index contributed by atoms with van der Waals surface area (Å²) >= 11 is 3.05. The number of benzene rings is 1. The van der Waals surface area contributed by atoms with Crippen molar-refractivity contribution in [3.8, 4) is 0 Å². The van der Waals surface area contributed by atoms with Gasteiger partial charge in [-0.2, -0.15) is 0 Å². The molecule has 3 rings (SSSR count). The number of carbonyl (C=O) groups is 1. The van der Waals surface area contributed by atoms with Gasteiger partial charge in [0.2, 0.25) is 0 Å². The lowest BCUT2D eigenvalue weighted by Gasteiger charge is -2.14. The molecule has 0 saturated heterocycles. The van der Waals surface area contributed by atoms with Gasteiger partial charge in [0.15, 0.2) is 18.2 Å². The number of carbonyl (C=O) groups excluding carboxylic acids is 1. The Morgan fingerprint density at radius 3 is 2.80 bits per heavy atom. The van der Waals surface area contributed by atoms with E-state index in [1.54, 1.807) is 12.1 Å². The van der Waals surface area contributed by atoms with Gasteiger partial charge in [-0.1, -0.05) is 15.9 Å². The SMILES string of the molecule is O=C1c2ccc(Br)cc2CN1c1ccc(=O)n(SF)n1. The molecule has 5 nitrogen and oxygen atoms in total. The zero-order chi connectivity index (χ0) is 14.3. The fourth-order valence-corrected chi connectivity index (χ4v) is 2.70. The first-order valence-electron chi connectivity index (χ1n) is 5.60. The normalized spacial score (nSPS) is 13.7. The van der Waals surface area contributed by atoms with Crippen LogP contribution in [0.4, 0.5) is 9.70 Å². The van der Waals surface area contributed by atoms with Crippen LogP contribution in [0.25, 0.3) is 0 Å². The lowest BCUT2D eigenvalue weighted by atomic mass is 10.1. The van der Waals surface area contributed by atoms with Crippen molar-refractivity contribution in [1.82, 2.24) is 9.19 Å². The van der Waals surface area contributed by atoms with Crippen molar-refractivity contribution < 1.29 is 8.68 Å². The third-order valence-electron chi connectivity index (χ3n) is 2.97. The Kier molecular flexibility index (Phi) is 3.35. The smallest absolute Gasteiger partial charge is 0.279 e. The predicted molar refractivity (Wildman–Crippen MR) is 77.2 cm³/mol. The Bertz CT molecular complexity index is 765. The van der Waals surface area contributed by atoms with E-state index in [0.717, 1.165) is 10.0 Å². The van der Waals surface area contributed by atoms with Gasteiger partial charge in [-0.05, 0) is 29.8 Å². The van der Waals surface area contributed by atoms with Crippen molar-refractivity contribution in [2.75, 3.05) is 4.90 Å². The van der Waals surface area contributed by atoms with Crippen LogP contribution in [0, 0.1) is 0 Å². The summed E-state index contributed by atoms with van der Waals surface area (Å²) in [5.74, 6) is 0.0288. The molecule has 1 aliphatic rings. The molecule has 8 heteroatoms. The van der Waals surface area contributed by atoms with Crippen molar-refractivity contribution >= 4 is 40.0 Å². The van der Waals surface area contributed by atoms with Crippen LogP contribution in [0.5, 0.6) is 0 Å². The molecular formula is C12H7BrFN3O2S. The van der Waals surface area contributed by atoms with Gasteiger partial charge in [0.05, 0.1) is 6.54 Å². The summed E-state index contributed by atoms with van der Waals surface area (Å²) in [6.07, 6.45) is 0. The minimum atomic E-state index is -0.576. The van der Waals surface area contributed by atoms with Gasteiger partial charge in [0.25, 0.3) is 11.5 Å². The zero-order valence-corrected chi connectivity index (χ0v) is 12.3. The van der Waals surface area contributed by atoms with E-state index in [1.165, 1.54) is 17.0 Å². The minimum Gasteiger partial charge on any atom is -0.287 e. The standard InChI is InChI=1S/C12H7BrFN3O2S/c13-8-1-2-9-7(5-8)6-16(12(9)19)10-3-4-11(18)17(15-10)20-14/h1-5H,6H2. The first kappa shape index (κ1) is 13.3. The molecular weight excluding hydrogens is 349 g/mol. The highest BCUT2D eigenvalue weighted by molar-refractivity contribution is 9.10. The largest absolute Gasteiger partial charge is 0.287 e. The molecule has 1 aromatic carbocycles. The van der Waals surface area contributed by atoms with Gasteiger partial charge in [-0.3, -0.25) is 14.5 Å².